The molecular weight excluding hydrogens is 276 g/mol. The van der Waals surface area contributed by atoms with Crippen LogP contribution in [0, 0.1) is 6.92 Å². The van der Waals surface area contributed by atoms with Crippen LogP contribution in [0.2, 0.25) is 0 Å². The van der Waals surface area contributed by atoms with Crippen LogP contribution in [0.5, 0.6) is 0 Å². The molecule has 2 aromatic rings. The SMILES string of the molecule is COC(=O)N/N=C(/C)c1sc(-c2ccncc2)nc1C. The summed E-state index contributed by atoms with van der Waals surface area (Å²) in [5.41, 5.74) is 4.87. The molecule has 0 fully saturated rings. The topological polar surface area (TPSA) is 76.5 Å². The van der Waals surface area contributed by atoms with Crippen LogP contribution in [0.15, 0.2) is 29.6 Å². The molecule has 0 aliphatic carbocycles. The highest BCUT2D eigenvalue weighted by molar-refractivity contribution is 7.17. The number of hydrogen-bond donors (Lipinski definition) is 1. The smallest absolute Gasteiger partial charge is 0.427 e. The molecule has 1 amide bonds. The third-order valence-corrected chi connectivity index (χ3v) is 3.87. The van der Waals surface area contributed by atoms with Crippen LogP contribution in [-0.2, 0) is 4.74 Å². The Balaban J connectivity index is 2.26. The molecule has 0 radical (unpaired) electrons. The van der Waals surface area contributed by atoms with E-state index < -0.39 is 6.09 Å². The third-order valence-electron chi connectivity index (χ3n) is 2.55. The third kappa shape index (κ3) is 3.18. The van der Waals surface area contributed by atoms with Gasteiger partial charge in [-0.1, -0.05) is 0 Å². The lowest BCUT2D eigenvalue weighted by Gasteiger charge is -1.99. The Morgan fingerprint density at radius 1 is 1.40 bits per heavy atom. The first-order valence-electron chi connectivity index (χ1n) is 5.88. The normalized spacial score (nSPS) is 11.2. The van der Waals surface area contributed by atoms with Crippen molar-refractivity contribution in [3.05, 3.63) is 35.1 Å². The largest absolute Gasteiger partial charge is 0.452 e. The van der Waals surface area contributed by atoms with E-state index in [9.17, 15) is 4.79 Å². The van der Waals surface area contributed by atoms with Crippen LogP contribution in [0.1, 0.15) is 17.5 Å². The molecule has 104 valence electrons. The lowest BCUT2D eigenvalue weighted by Crippen LogP contribution is -2.18. The number of aryl methyl sites for hydroxylation is 1. The van der Waals surface area contributed by atoms with E-state index in [4.69, 9.17) is 0 Å². The van der Waals surface area contributed by atoms with Crippen LogP contribution in [0.3, 0.4) is 0 Å². The Labute approximate surface area is 120 Å². The second-order valence-electron chi connectivity index (χ2n) is 3.97. The fourth-order valence-corrected chi connectivity index (χ4v) is 2.59. The number of thiazole rings is 1. The molecular formula is C13H14N4O2S. The summed E-state index contributed by atoms with van der Waals surface area (Å²) in [6.45, 7) is 3.72. The van der Waals surface area contributed by atoms with Gasteiger partial charge in [-0.3, -0.25) is 4.98 Å². The summed E-state index contributed by atoms with van der Waals surface area (Å²) in [6.07, 6.45) is 2.86. The molecule has 1 N–H and O–H groups in total. The van der Waals surface area contributed by atoms with Crippen LogP contribution < -0.4 is 5.43 Å². The van der Waals surface area contributed by atoms with Crippen molar-refractivity contribution in [2.45, 2.75) is 13.8 Å². The molecule has 0 unspecified atom stereocenters. The summed E-state index contributed by atoms with van der Waals surface area (Å²) < 4.78 is 4.46. The maximum Gasteiger partial charge on any atom is 0.427 e. The number of amides is 1. The van der Waals surface area contributed by atoms with Gasteiger partial charge in [0.15, 0.2) is 0 Å². The van der Waals surface area contributed by atoms with E-state index in [2.05, 4.69) is 25.2 Å². The zero-order chi connectivity index (χ0) is 14.5. The lowest BCUT2D eigenvalue weighted by atomic mass is 10.3. The molecule has 6 nitrogen and oxygen atoms in total. The minimum Gasteiger partial charge on any atom is -0.452 e. The van der Waals surface area contributed by atoms with Gasteiger partial charge in [0.25, 0.3) is 0 Å². The Morgan fingerprint density at radius 2 is 2.10 bits per heavy atom. The van der Waals surface area contributed by atoms with E-state index in [1.165, 1.54) is 18.4 Å². The molecule has 0 bridgehead atoms. The summed E-state index contributed by atoms with van der Waals surface area (Å²) >= 11 is 1.52. The van der Waals surface area contributed by atoms with Gasteiger partial charge in [-0.2, -0.15) is 5.10 Å². The molecule has 0 saturated heterocycles. The zero-order valence-corrected chi connectivity index (χ0v) is 12.2. The van der Waals surface area contributed by atoms with Gasteiger partial charge in [-0.25, -0.2) is 15.2 Å². The maximum absolute atomic E-state index is 11.0. The highest BCUT2D eigenvalue weighted by Crippen LogP contribution is 2.27. The number of aromatic nitrogens is 2. The predicted molar refractivity (Wildman–Crippen MR) is 77.8 cm³/mol. The summed E-state index contributed by atoms with van der Waals surface area (Å²) in [6, 6.07) is 3.81. The predicted octanol–water partition coefficient (Wildman–Crippen LogP) is 2.59. The quantitative estimate of drug-likeness (QED) is 0.696. The minimum absolute atomic E-state index is 0.596. The summed E-state index contributed by atoms with van der Waals surface area (Å²) in [5.74, 6) is 0. The van der Waals surface area contributed by atoms with E-state index in [1.807, 2.05) is 26.0 Å². The van der Waals surface area contributed by atoms with Crippen LogP contribution in [0.25, 0.3) is 10.6 Å². The Kier molecular flexibility index (Phi) is 4.41. The fourth-order valence-electron chi connectivity index (χ4n) is 1.58. The number of rotatable bonds is 3. The van der Waals surface area contributed by atoms with E-state index in [-0.39, 0.29) is 0 Å². The Hall–Kier alpha value is -2.28. The number of carbonyl (C=O) groups is 1. The van der Waals surface area contributed by atoms with Gasteiger partial charge in [0, 0.05) is 18.0 Å². The van der Waals surface area contributed by atoms with Gasteiger partial charge in [-0.05, 0) is 26.0 Å². The van der Waals surface area contributed by atoms with Crippen molar-refractivity contribution < 1.29 is 9.53 Å². The first-order valence-corrected chi connectivity index (χ1v) is 6.70. The molecule has 0 aliphatic rings. The number of hydrogen-bond acceptors (Lipinski definition) is 6. The van der Waals surface area contributed by atoms with Gasteiger partial charge >= 0.3 is 6.09 Å². The van der Waals surface area contributed by atoms with Crippen molar-refractivity contribution in [3.8, 4) is 10.6 Å². The van der Waals surface area contributed by atoms with Crippen LogP contribution in [0.4, 0.5) is 4.79 Å². The van der Waals surface area contributed by atoms with E-state index in [1.54, 1.807) is 12.4 Å². The molecule has 0 aromatic carbocycles. The number of carbonyl (C=O) groups excluding carboxylic acids is 1. The highest BCUT2D eigenvalue weighted by Gasteiger charge is 2.12. The Bertz CT molecular complexity index is 637. The summed E-state index contributed by atoms with van der Waals surface area (Å²) in [5, 5.41) is 4.88. The first-order chi connectivity index (χ1) is 9.61. The molecule has 2 rings (SSSR count). The molecule has 7 heteroatoms. The van der Waals surface area contributed by atoms with Crippen molar-refractivity contribution in [2.24, 2.45) is 5.10 Å². The second kappa shape index (κ2) is 6.25. The monoisotopic (exact) mass is 290 g/mol. The second-order valence-corrected chi connectivity index (χ2v) is 4.97. The van der Waals surface area contributed by atoms with Crippen LogP contribution in [-0.4, -0.2) is 28.9 Å². The summed E-state index contributed by atoms with van der Waals surface area (Å²) in [4.78, 5) is 20.4. The average Bonchev–Trinajstić information content (AvgIpc) is 2.87. The number of nitrogens with zero attached hydrogens (tertiary/aromatic N) is 3. The van der Waals surface area contributed by atoms with Crippen molar-refractivity contribution in [1.82, 2.24) is 15.4 Å². The number of nitrogens with one attached hydrogen (secondary N) is 1. The van der Waals surface area contributed by atoms with Crippen molar-refractivity contribution in [1.29, 1.82) is 0 Å². The molecule has 2 heterocycles. The molecule has 0 saturated carbocycles. The van der Waals surface area contributed by atoms with Gasteiger partial charge in [0.05, 0.1) is 23.4 Å². The molecule has 0 aliphatic heterocycles. The molecule has 2 aromatic heterocycles. The number of methoxy groups -OCH3 is 1. The first kappa shape index (κ1) is 14.1. The number of ether oxygens (including phenoxy) is 1. The van der Waals surface area contributed by atoms with Gasteiger partial charge in [0.2, 0.25) is 0 Å². The number of hydrazone groups is 1. The highest BCUT2D eigenvalue weighted by atomic mass is 32.1. The van der Waals surface area contributed by atoms with Gasteiger partial charge in [-0.15, -0.1) is 11.3 Å². The zero-order valence-electron chi connectivity index (χ0n) is 11.4. The van der Waals surface area contributed by atoms with Gasteiger partial charge in [0.1, 0.15) is 5.01 Å². The number of pyridine rings is 1. The van der Waals surface area contributed by atoms with Crippen LogP contribution >= 0.6 is 11.3 Å². The minimum atomic E-state index is -0.596. The van der Waals surface area contributed by atoms with Crippen molar-refractivity contribution >= 4 is 23.1 Å². The van der Waals surface area contributed by atoms with E-state index in [0.717, 1.165) is 21.1 Å². The standard InChI is InChI=1S/C13H14N4O2S/c1-8-11(9(2)16-17-13(18)19-3)20-12(15-8)10-4-6-14-7-5-10/h4-7H,1-3H3,(H,17,18)/b16-9-. The van der Waals surface area contributed by atoms with Crippen molar-refractivity contribution in [3.63, 3.8) is 0 Å². The van der Waals surface area contributed by atoms with E-state index in [0.29, 0.717) is 5.71 Å². The summed E-state index contributed by atoms with van der Waals surface area (Å²) in [7, 11) is 1.29. The molecule has 20 heavy (non-hydrogen) atoms. The van der Waals surface area contributed by atoms with Gasteiger partial charge < -0.3 is 4.74 Å². The average molecular weight is 290 g/mol. The molecule has 0 spiro atoms. The molecule has 0 atom stereocenters. The maximum atomic E-state index is 11.0. The van der Waals surface area contributed by atoms with E-state index >= 15 is 0 Å². The Morgan fingerprint density at radius 3 is 2.75 bits per heavy atom. The fraction of sp³-hybridized carbons (Fsp3) is 0.231. The lowest BCUT2D eigenvalue weighted by molar-refractivity contribution is 0.171. The van der Waals surface area contributed by atoms with Crippen molar-refractivity contribution in [2.75, 3.05) is 7.11 Å².